The van der Waals surface area contributed by atoms with E-state index < -0.39 is 0 Å². The first-order valence-corrected chi connectivity index (χ1v) is 10.7. The first-order valence-electron chi connectivity index (χ1n) is 9.92. The van der Waals surface area contributed by atoms with Crippen LogP contribution in [0.1, 0.15) is 39.9 Å². The van der Waals surface area contributed by atoms with Crippen molar-refractivity contribution in [3.63, 3.8) is 0 Å². The van der Waals surface area contributed by atoms with Crippen molar-refractivity contribution in [2.75, 3.05) is 21.3 Å². The van der Waals surface area contributed by atoms with Crippen LogP contribution in [-0.4, -0.2) is 36.1 Å². The van der Waals surface area contributed by atoms with Crippen LogP contribution in [0.3, 0.4) is 0 Å². The Hall–Kier alpha value is -2.38. The molecule has 0 aliphatic heterocycles. The Morgan fingerprint density at radius 3 is 2.69 bits per heavy atom. The normalized spacial score (nSPS) is 13.6. The Balaban J connectivity index is 1.50. The van der Waals surface area contributed by atoms with Crippen molar-refractivity contribution in [1.29, 1.82) is 0 Å². The second-order valence-corrected chi connectivity index (χ2v) is 8.59. The molecule has 4 rings (SSSR count). The Morgan fingerprint density at radius 2 is 1.93 bits per heavy atom. The fraction of sp³-hybridized carbons (Fsp3) is 0.455. The van der Waals surface area contributed by atoms with Crippen LogP contribution in [-0.2, 0) is 25.9 Å². The van der Waals surface area contributed by atoms with Gasteiger partial charge in [0.05, 0.1) is 37.7 Å². The fourth-order valence-electron chi connectivity index (χ4n) is 3.76. The number of aromatic nitrogens is 2. The summed E-state index contributed by atoms with van der Waals surface area (Å²) in [5, 5.41) is 1.19. The molecule has 0 radical (unpaired) electrons. The average Bonchev–Trinajstić information content (AvgIpc) is 3.29. The van der Waals surface area contributed by atoms with Gasteiger partial charge >= 0.3 is 0 Å². The molecule has 0 spiro atoms. The number of thiazole rings is 1. The molecular formula is C22H27N3O3S. The number of hydrogen-bond acceptors (Lipinski definition) is 7. The van der Waals surface area contributed by atoms with E-state index in [0.717, 1.165) is 30.0 Å². The van der Waals surface area contributed by atoms with Crippen LogP contribution in [0, 0.1) is 6.92 Å². The summed E-state index contributed by atoms with van der Waals surface area (Å²) in [7, 11) is 5.35. The maximum absolute atomic E-state index is 5.97. The van der Waals surface area contributed by atoms with Crippen molar-refractivity contribution in [2.24, 2.45) is 0 Å². The minimum atomic E-state index is 0.548. The van der Waals surface area contributed by atoms with E-state index in [4.69, 9.17) is 23.9 Å². The number of hydrogen-bond donors (Lipinski definition) is 0. The lowest BCUT2D eigenvalue weighted by molar-refractivity contribution is 0.312. The SMILES string of the molecule is COc1cccc(-c2nc(CN(C)Cc3nc4c(s3)CCCC4)c(C)o2)c1OC. The molecule has 2 aromatic heterocycles. The van der Waals surface area contributed by atoms with Crippen molar-refractivity contribution in [3.05, 3.63) is 45.2 Å². The first-order chi connectivity index (χ1) is 14.1. The van der Waals surface area contributed by atoms with E-state index >= 15 is 0 Å². The maximum Gasteiger partial charge on any atom is 0.230 e. The van der Waals surface area contributed by atoms with Gasteiger partial charge in [-0.3, -0.25) is 4.90 Å². The van der Waals surface area contributed by atoms with Crippen LogP contribution in [0.15, 0.2) is 22.6 Å². The van der Waals surface area contributed by atoms with Gasteiger partial charge in [0.1, 0.15) is 10.8 Å². The Kier molecular flexibility index (Phi) is 5.87. The van der Waals surface area contributed by atoms with Gasteiger partial charge in [-0.25, -0.2) is 9.97 Å². The number of nitrogens with zero attached hydrogens (tertiary/aromatic N) is 3. The smallest absolute Gasteiger partial charge is 0.230 e. The van der Waals surface area contributed by atoms with Gasteiger partial charge in [0.25, 0.3) is 0 Å². The van der Waals surface area contributed by atoms with Crippen molar-refractivity contribution in [3.8, 4) is 23.0 Å². The monoisotopic (exact) mass is 413 g/mol. The quantitative estimate of drug-likeness (QED) is 0.563. The average molecular weight is 414 g/mol. The lowest BCUT2D eigenvalue weighted by atomic mass is 10.0. The third kappa shape index (κ3) is 4.16. The molecule has 0 N–H and O–H groups in total. The van der Waals surface area contributed by atoms with Gasteiger partial charge in [0, 0.05) is 11.4 Å². The van der Waals surface area contributed by atoms with Crippen molar-refractivity contribution in [1.82, 2.24) is 14.9 Å². The highest BCUT2D eigenvalue weighted by Crippen LogP contribution is 2.38. The van der Waals surface area contributed by atoms with Gasteiger partial charge in [-0.1, -0.05) is 6.07 Å². The molecule has 0 bridgehead atoms. The highest BCUT2D eigenvalue weighted by atomic mass is 32.1. The van der Waals surface area contributed by atoms with Gasteiger partial charge < -0.3 is 13.9 Å². The summed E-state index contributed by atoms with van der Waals surface area (Å²) in [5.41, 5.74) is 3.03. The Labute approximate surface area is 175 Å². The molecule has 29 heavy (non-hydrogen) atoms. The Morgan fingerprint density at radius 1 is 1.10 bits per heavy atom. The maximum atomic E-state index is 5.97. The van der Waals surface area contributed by atoms with E-state index in [-0.39, 0.29) is 0 Å². The number of para-hydroxylation sites is 1. The number of methoxy groups -OCH3 is 2. The molecule has 7 heteroatoms. The van der Waals surface area contributed by atoms with Crippen LogP contribution >= 0.6 is 11.3 Å². The second kappa shape index (κ2) is 8.55. The zero-order valence-corrected chi connectivity index (χ0v) is 18.3. The minimum Gasteiger partial charge on any atom is -0.493 e. The highest BCUT2D eigenvalue weighted by molar-refractivity contribution is 7.11. The van der Waals surface area contributed by atoms with Crippen LogP contribution in [0.25, 0.3) is 11.5 Å². The minimum absolute atomic E-state index is 0.548. The molecule has 0 fully saturated rings. The second-order valence-electron chi connectivity index (χ2n) is 7.42. The third-order valence-corrected chi connectivity index (χ3v) is 6.38. The lowest BCUT2D eigenvalue weighted by Gasteiger charge is -2.13. The number of oxazole rings is 1. The standard InChI is InChI=1S/C22H27N3O3S/c1-14-17(12-25(2)13-20-23-16-9-5-6-11-19(16)29-20)24-22(28-14)15-8-7-10-18(26-3)21(15)27-4/h7-8,10H,5-6,9,11-13H2,1-4H3. The summed E-state index contributed by atoms with van der Waals surface area (Å²) >= 11 is 1.86. The number of ether oxygens (including phenoxy) is 2. The third-order valence-electron chi connectivity index (χ3n) is 5.24. The molecule has 0 saturated heterocycles. The van der Waals surface area contributed by atoms with Crippen LogP contribution < -0.4 is 9.47 Å². The number of benzene rings is 1. The van der Waals surface area contributed by atoms with E-state index in [2.05, 4.69) is 11.9 Å². The number of rotatable bonds is 7. The van der Waals surface area contributed by atoms with Gasteiger partial charge in [0.2, 0.25) is 5.89 Å². The fourth-order valence-corrected chi connectivity index (χ4v) is 5.00. The molecule has 0 atom stereocenters. The summed E-state index contributed by atoms with van der Waals surface area (Å²) in [6.07, 6.45) is 4.87. The molecule has 154 valence electrons. The molecule has 1 aromatic carbocycles. The van der Waals surface area contributed by atoms with Crippen LogP contribution in [0.2, 0.25) is 0 Å². The van der Waals surface area contributed by atoms with Gasteiger partial charge in [-0.2, -0.15) is 0 Å². The largest absolute Gasteiger partial charge is 0.493 e. The summed E-state index contributed by atoms with van der Waals surface area (Å²) in [6, 6.07) is 5.70. The summed E-state index contributed by atoms with van der Waals surface area (Å²) in [5.74, 6) is 2.65. The molecule has 0 amide bonds. The van der Waals surface area contributed by atoms with Crippen molar-refractivity contribution in [2.45, 2.75) is 45.7 Å². The molecule has 0 saturated carbocycles. The zero-order chi connectivity index (χ0) is 20.4. The van der Waals surface area contributed by atoms with E-state index in [9.17, 15) is 0 Å². The topological polar surface area (TPSA) is 60.6 Å². The first kappa shape index (κ1) is 19.9. The zero-order valence-electron chi connectivity index (χ0n) is 17.4. The highest BCUT2D eigenvalue weighted by Gasteiger charge is 2.20. The molecule has 1 aliphatic carbocycles. The van der Waals surface area contributed by atoms with Crippen molar-refractivity contribution < 1.29 is 13.9 Å². The van der Waals surface area contributed by atoms with Gasteiger partial charge in [0.15, 0.2) is 11.5 Å². The predicted molar refractivity (Wildman–Crippen MR) is 114 cm³/mol. The van der Waals surface area contributed by atoms with Crippen LogP contribution in [0.5, 0.6) is 11.5 Å². The number of fused-ring (bicyclic) bond motifs is 1. The van der Waals surface area contributed by atoms with Gasteiger partial charge in [-0.15, -0.1) is 11.3 Å². The summed E-state index contributed by atoms with van der Waals surface area (Å²) in [6.45, 7) is 3.47. The van der Waals surface area contributed by atoms with E-state index in [1.54, 1.807) is 14.2 Å². The molecule has 2 heterocycles. The molecule has 3 aromatic rings. The van der Waals surface area contributed by atoms with E-state index in [1.165, 1.54) is 34.8 Å². The Bertz CT molecular complexity index is 972. The van der Waals surface area contributed by atoms with Crippen molar-refractivity contribution >= 4 is 11.3 Å². The van der Waals surface area contributed by atoms with E-state index in [1.807, 2.05) is 36.5 Å². The molecule has 6 nitrogen and oxygen atoms in total. The molecular weight excluding hydrogens is 386 g/mol. The summed E-state index contributed by atoms with van der Waals surface area (Å²) in [4.78, 5) is 13.3. The van der Waals surface area contributed by atoms with Crippen LogP contribution in [0.4, 0.5) is 0 Å². The molecule has 0 unspecified atom stereocenters. The summed E-state index contributed by atoms with van der Waals surface area (Å²) < 4.78 is 16.9. The van der Waals surface area contributed by atoms with Gasteiger partial charge in [-0.05, 0) is 51.8 Å². The predicted octanol–water partition coefficient (Wildman–Crippen LogP) is 4.63. The lowest BCUT2D eigenvalue weighted by Crippen LogP contribution is -2.18. The number of aryl methyl sites for hydroxylation is 3. The van der Waals surface area contributed by atoms with E-state index in [0.29, 0.717) is 23.9 Å². The molecule has 1 aliphatic rings.